The van der Waals surface area contributed by atoms with Crippen LogP contribution in [0.25, 0.3) is 0 Å². The largest absolute Gasteiger partial charge is 0.493 e. The number of aliphatic hydroxyl groups excluding tert-OH is 1. The van der Waals surface area contributed by atoms with Crippen LogP contribution < -0.4 is 9.47 Å². The maximum absolute atomic E-state index is 9.35. The first-order valence-corrected chi connectivity index (χ1v) is 7.26. The standard InChI is InChI=1S/C16H25NO3/c1-12(17-8-4-5-13(10-17)11-18)14-6-7-15(19-2)16(9-14)20-3/h6-7,9,12-13,18H,4-5,8,10-11H2,1-3H3. The third-order valence-electron chi connectivity index (χ3n) is 4.25. The zero-order valence-electron chi connectivity index (χ0n) is 12.6. The summed E-state index contributed by atoms with van der Waals surface area (Å²) in [5.41, 5.74) is 1.22. The van der Waals surface area contributed by atoms with Gasteiger partial charge in [-0.1, -0.05) is 6.07 Å². The minimum absolute atomic E-state index is 0.287. The third-order valence-corrected chi connectivity index (χ3v) is 4.25. The van der Waals surface area contributed by atoms with Gasteiger partial charge < -0.3 is 14.6 Å². The van der Waals surface area contributed by atoms with Gasteiger partial charge in [0, 0.05) is 19.2 Å². The molecule has 1 fully saturated rings. The van der Waals surface area contributed by atoms with Crippen molar-refractivity contribution in [2.45, 2.75) is 25.8 Å². The van der Waals surface area contributed by atoms with Crippen molar-refractivity contribution in [3.8, 4) is 11.5 Å². The second kappa shape index (κ2) is 6.95. The highest BCUT2D eigenvalue weighted by Crippen LogP contribution is 2.33. The van der Waals surface area contributed by atoms with Gasteiger partial charge in [0.2, 0.25) is 0 Å². The average molecular weight is 279 g/mol. The van der Waals surface area contributed by atoms with Crippen molar-refractivity contribution in [3.63, 3.8) is 0 Å². The van der Waals surface area contributed by atoms with Gasteiger partial charge in [0.05, 0.1) is 14.2 Å². The summed E-state index contributed by atoms with van der Waals surface area (Å²) in [6.07, 6.45) is 2.29. The van der Waals surface area contributed by atoms with Gasteiger partial charge >= 0.3 is 0 Å². The Labute approximate surface area is 121 Å². The van der Waals surface area contributed by atoms with Crippen molar-refractivity contribution < 1.29 is 14.6 Å². The van der Waals surface area contributed by atoms with Gasteiger partial charge in [-0.15, -0.1) is 0 Å². The van der Waals surface area contributed by atoms with E-state index >= 15 is 0 Å². The van der Waals surface area contributed by atoms with Crippen LogP contribution in [0.3, 0.4) is 0 Å². The van der Waals surface area contributed by atoms with Crippen LogP contribution in [0, 0.1) is 5.92 Å². The number of aliphatic hydroxyl groups is 1. The van der Waals surface area contributed by atoms with E-state index < -0.39 is 0 Å². The molecule has 0 aromatic heterocycles. The molecular weight excluding hydrogens is 254 g/mol. The third kappa shape index (κ3) is 3.25. The second-order valence-electron chi connectivity index (χ2n) is 5.48. The normalized spacial score (nSPS) is 21.5. The molecular formula is C16H25NO3. The number of methoxy groups -OCH3 is 2. The molecule has 1 heterocycles. The van der Waals surface area contributed by atoms with E-state index in [0.29, 0.717) is 12.0 Å². The predicted molar refractivity (Wildman–Crippen MR) is 79.3 cm³/mol. The van der Waals surface area contributed by atoms with Crippen molar-refractivity contribution in [3.05, 3.63) is 23.8 Å². The highest BCUT2D eigenvalue weighted by Gasteiger charge is 2.24. The Morgan fingerprint density at radius 3 is 2.70 bits per heavy atom. The summed E-state index contributed by atoms with van der Waals surface area (Å²) >= 11 is 0. The number of likely N-dealkylation sites (tertiary alicyclic amines) is 1. The van der Waals surface area contributed by atoms with Gasteiger partial charge in [0.15, 0.2) is 11.5 Å². The smallest absolute Gasteiger partial charge is 0.161 e. The lowest BCUT2D eigenvalue weighted by Gasteiger charge is -2.36. The van der Waals surface area contributed by atoms with Gasteiger partial charge in [0.1, 0.15) is 0 Å². The van der Waals surface area contributed by atoms with Gasteiger partial charge in [0.25, 0.3) is 0 Å². The Morgan fingerprint density at radius 1 is 1.30 bits per heavy atom. The molecule has 0 aliphatic carbocycles. The summed E-state index contributed by atoms with van der Waals surface area (Å²) in [6, 6.07) is 6.42. The number of nitrogens with zero attached hydrogens (tertiary/aromatic N) is 1. The van der Waals surface area contributed by atoms with Gasteiger partial charge in [-0.3, -0.25) is 4.90 Å². The SMILES string of the molecule is COc1ccc(C(C)N2CCCC(CO)C2)cc1OC. The monoisotopic (exact) mass is 279 g/mol. The summed E-state index contributed by atoms with van der Waals surface area (Å²) in [7, 11) is 3.31. The van der Waals surface area contributed by atoms with Crippen molar-refractivity contribution >= 4 is 0 Å². The molecule has 2 rings (SSSR count). The Bertz CT molecular complexity index is 436. The van der Waals surface area contributed by atoms with Gasteiger partial charge in [-0.2, -0.15) is 0 Å². The molecule has 1 aliphatic heterocycles. The molecule has 2 unspecified atom stereocenters. The van der Waals surface area contributed by atoms with Crippen molar-refractivity contribution in [2.24, 2.45) is 5.92 Å². The van der Waals surface area contributed by atoms with E-state index in [1.807, 2.05) is 12.1 Å². The molecule has 2 atom stereocenters. The minimum Gasteiger partial charge on any atom is -0.493 e. The molecule has 20 heavy (non-hydrogen) atoms. The maximum atomic E-state index is 9.35. The molecule has 0 saturated carbocycles. The first kappa shape index (κ1) is 15.1. The molecule has 1 aromatic carbocycles. The highest BCUT2D eigenvalue weighted by molar-refractivity contribution is 5.43. The van der Waals surface area contributed by atoms with Crippen LogP contribution in [0.5, 0.6) is 11.5 Å². The van der Waals surface area contributed by atoms with E-state index in [1.54, 1.807) is 14.2 Å². The van der Waals surface area contributed by atoms with Crippen molar-refractivity contribution in [1.29, 1.82) is 0 Å². The molecule has 4 heteroatoms. The highest BCUT2D eigenvalue weighted by atomic mass is 16.5. The Kier molecular flexibility index (Phi) is 5.26. The quantitative estimate of drug-likeness (QED) is 0.899. The molecule has 1 saturated heterocycles. The van der Waals surface area contributed by atoms with E-state index in [1.165, 1.54) is 5.56 Å². The van der Waals surface area contributed by atoms with Crippen LogP contribution in [0.4, 0.5) is 0 Å². The Balaban J connectivity index is 2.13. The second-order valence-corrected chi connectivity index (χ2v) is 5.48. The van der Waals surface area contributed by atoms with Crippen LogP contribution in [0.2, 0.25) is 0 Å². The lowest BCUT2D eigenvalue weighted by molar-refractivity contribution is 0.0934. The Hall–Kier alpha value is -1.26. The van der Waals surface area contributed by atoms with Gasteiger partial charge in [-0.25, -0.2) is 0 Å². The van der Waals surface area contributed by atoms with Gasteiger partial charge in [-0.05, 0) is 49.9 Å². The van der Waals surface area contributed by atoms with Crippen molar-refractivity contribution in [1.82, 2.24) is 4.90 Å². The molecule has 1 aliphatic rings. The molecule has 0 radical (unpaired) electrons. The fourth-order valence-electron chi connectivity index (χ4n) is 2.92. The minimum atomic E-state index is 0.287. The molecule has 0 spiro atoms. The summed E-state index contributed by atoms with van der Waals surface area (Å²) in [5, 5.41) is 9.35. The Morgan fingerprint density at radius 2 is 2.05 bits per heavy atom. The zero-order chi connectivity index (χ0) is 14.5. The number of hydrogen-bond acceptors (Lipinski definition) is 4. The summed E-state index contributed by atoms with van der Waals surface area (Å²) in [6.45, 7) is 4.55. The molecule has 112 valence electrons. The maximum Gasteiger partial charge on any atom is 0.161 e. The molecule has 0 bridgehead atoms. The topological polar surface area (TPSA) is 41.9 Å². The summed E-state index contributed by atoms with van der Waals surface area (Å²) in [4.78, 5) is 2.44. The average Bonchev–Trinajstić information content (AvgIpc) is 2.53. The van der Waals surface area contributed by atoms with E-state index in [0.717, 1.165) is 37.4 Å². The van der Waals surface area contributed by atoms with Crippen LogP contribution >= 0.6 is 0 Å². The first-order chi connectivity index (χ1) is 9.69. The van der Waals surface area contributed by atoms with Crippen LogP contribution in [-0.2, 0) is 0 Å². The van der Waals surface area contributed by atoms with Crippen LogP contribution in [0.1, 0.15) is 31.4 Å². The van der Waals surface area contributed by atoms with E-state index in [-0.39, 0.29) is 6.61 Å². The number of rotatable bonds is 5. The van der Waals surface area contributed by atoms with Crippen LogP contribution in [0.15, 0.2) is 18.2 Å². The summed E-state index contributed by atoms with van der Waals surface area (Å²) in [5.74, 6) is 1.94. The lowest BCUT2D eigenvalue weighted by atomic mass is 9.96. The van der Waals surface area contributed by atoms with E-state index in [9.17, 15) is 5.11 Å². The van der Waals surface area contributed by atoms with E-state index in [2.05, 4.69) is 17.9 Å². The molecule has 1 aromatic rings. The molecule has 1 N–H and O–H groups in total. The van der Waals surface area contributed by atoms with Crippen molar-refractivity contribution in [2.75, 3.05) is 33.9 Å². The predicted octanol–water partition coefficient (Wildman–Crippen LogP) is 2.47. The molecule has 4 nitrogen and oxygen atoms in total. The first-order valence-electron chi connectivity index (χ1n) is 7.26. The lowest BCUT2D eigenvalue weighted by Crippen LogP contribution is -2.38. The number of hydrogen-bond donors (Lipinski definition) is 1. The van der Waals surface area contributed by atoms with Crippen LogP contribution in [-0.4, -0.2) is 43.9 Å². The number of ether oxygens (including phenoxy) is 2. The zero-order valence-corrected chi connectivity index (χ0v) is 12.6. The molecule has 0 amide bonds. The van der Waals surface area contributed by atoms with E-state index in [4.69, 9.17) is 9.47 Å². The number of benzene rings is 1. The summed E-state index contributed by atoms with van der Waals surface area (Å²) < 4.78 is 10.7. The number of piperidine rings is 1. The fraction of sp³-hybridized carbons (Fsp3) is 0.625. The fourth-order valence-corrected chi connectivity index (χ4v) is 2.92.